The van der Waals surface area contributed by atoms with Crippen LogP contribution in [0.4, 0.5) is 0 Å². The van der Waals surface area contributed by atoms with E-state index in [1.165, 1.54) is 19.4 Å². The minimum atomic E-state index is 0.342. The molecule has 4 heterocycles. The van der Waals surface area contributed by atoms with Crippen LogP contribution in [0.3, 0.4) is 0 Å². The van der Waals surface area contributed by atoms with Crippen LogP contribution in [-0.4, -0.2) is 43.1 Å². The van der Waals surface area contributed by atoms with Gasteiger partial charge in [-0.1, -0.05) is 0 Å². The molecule has 5 heteroatoms. The number of quaternary nitrogens is 1. The van der Waals surface area contributed by atoms with Crippen LogP contribution in [0.5, 0.6) is 5.75 Å². The highest BCUT2D eigenvalue weighted by molar-refractivity contribution is 9.10. The second-order valence-electron chi connectivity index (χ2n) is 6.52. The molecule has 19 heavy (non-hydrogen) atoms. The van der Waals surface area contributed by atoms with Gasteiger partial charge in [-0.25, -0.2) is 4.98 Å². The number of hydrogen-bond acceptors (Lipinski definition) is 2. The Kier molecular flexibility index (Phi) is 2.71. The number of piperidine rings is 3. The first-order valence-corrected chi connectivity index (χ1v) is 7.83. The monoisotopic (exact) mass is 319 g/mol. The van der Waals surface area contributed by atoms with Crippen molar-refractivity contribution in [3.63, 3.8) is 0 Å². The second-order valence-corrected chi connectivity index (χ2v) is 7.34. The van der Waals surface area contributed by atoms with Crippen molar-refractivity contribution in [2.24, 2.45) is 17.8 Å². The number of pyridine rings is 1. The smallest absolute Gasteiger partial charge is 0.481 e. The Morgan fingerprint density at radius 3 is 2.53 bits per heavy atom. The molecule has 4 bridgehead atoms. The first kappa shape index (κ1) is 12.2. The summed E-state index contributed by atoms with van der Waals surface area (Å²) in [4.78, 5) is 4.24. The van der Waals surface area contributed by atoms with Gasteiger partial charge in [0.2, 0.25) is 0 Å². The molecular formula is C14H17BBrN2O+. The topological polar surface area (TPSA) is 22.1 Å². The van der Waals surface area contributed by atoms with Crippen molar-refractivity contribution in [2.45, 2.75) is 18.9 Å². The Labute approximate surface area is 123 Å². The van der Waals surface area contributed by atoms with E-state index in [1.54, 1.807) is 0 Å². The maximum absolute atomic E-state index is 6.46. The highest BCUT2D eigenvalue weighted by Gasteiger charge is 2.55. The lowest BCUT2D eigenvalue weighted by molar-refractivity contribution is -0.852. The standard InChI is InChI=1S/C14H17BBrN2O/c15-18-6-9-3-10(7-18)14(11(4-9)8-18)19-12-1-2-13(16)17-5-12/h1-2,5,9-11,14H,3-4,6-8H2/q+1. The van der Waals surface area contributed by atoms with Gasteiger partial charge in [-0.3, -0.25) is 0 Å². The van der Waals surface area contributed by atoms with Crippen LogP contribution in [0, 0.1) is 17.8 Å². The molecule has 3 saturated heterocycles. The van der Waals surface area contributed by atoms with E-state index >= 15 is 0 Å². The zero-order valence-electron chi connectivity index (χ0n) is 10.8. The van der Waals surface area contributed by atoms with Crippen LogP contribution in [0.25, 0.3) is 0 Å². The van der Waals surface area contributed by atoms with Crippen molar-refractivity contribution in [3.05, 3.63) is 22.9 Å². The zero-order chi connectivity index (χ0) is 13.0. The SMILES string of the molecule is [B][N+]12CC3CC(C1)C(Oc1ccc(Br)nc1)C(C3)C2. The second kappa shape index (κ2) is 4.22. The molecule has 1 aromatic rings. The third-order valence-electron chi connectivity index (χ3n) is 4.99. The molecule has 0 amide bonds. The molecule has 1 aliphatic carbocycles. The summed E-state index contributed by atoms with van der Waals surface area (Å²) in [6, 6.07) is 3.93. The minimum absolute atomic E-state index is 0.342. The van der Waals surface area contributed by atoms with Crippen LogP contribution in [-0.2, 0) is 0 Å². The predicted molar refractivity (Wildman–Crippen MR) is 76.7 cm³/mol. The lowest BCUT2D eigenvalue weighted by Gasteiger charge is -2.59. The first-order valence-electron chi connectivity index (χ1n) is 7.04. The number of halogens is 1. The molecular weight excluding hydrogens is 303 g/mol. The van der Waals surface area contributed by atoms with Gasteiger partial charge >= 0.3 is 7.98 Å². The fourth-order valence-electron chi connectivity index (χ4n) is 4.57. The number of ether oxygens (including phenoxy) is 1. The van der Waals surface area contributed by atoms with Crippen molar-refractivity contribution >= 4 is 23.9 Å². The molecule has 4 aliphatic rings. The molecule has 2 unspecified atom stereocenters. The van der Waals surface area contributed by atoms with Crippen molar-refractivity contribution in [2.75, 3.05) is 19.6 Å². The summed E-state index contributed by atoms with van der Waals surface area (Å²) in [5.74, 6) is 2.96. The lowest BCUT2D eigenvalue weighted by Crippen LogP contribution is -2.70. The Hall–Kier alpha value is -0.545. The average Bonchev–Trinajstić information content (AvgIpc) is 2.34. The number of nitrogens with zero attached hydrogens (tertiary/aromatic N) is 2. The van der Waals surface area contributed by atoms with Crippen molar-refractivity contribution in [3.8, 4) is 5.75 Å². The Morgan fingerprint density at radius 2 is 1.95 bits per heavy atom. The molecule has 0 spiro atoms. The molecule has 5 rings (SSSR count). The maximum Gasteiger partial charge on any atom is 0.481 e. The summed E-state index contributed by atoms with van der Waals surface area (Å²) < 4.78 is 7.88. The number of aromatic nitrogens is 1. The summed E-state index contributed by atoms with van der Waals surface area (Å²) in [5.41, 5.74) is 0. The predicted octanol–water partition coefficient (Wildman–Crippen LogP) is 2.16. The van der Waals surface area contributed by atoms with Gasteiger partial charge in [-0.15, -0.1) is 0 Å². The summed E-state index contributed by atoms with van der Waals surface area (Å²) in [7, 11) is 6.46. The van der Waals surface area contributed by atoms with Gasteiger partial charge in [-0.05, 0) is 40.9 Å². The van der Waals surface area contributed by atoms with Crippen molar-refractivity contribution in [1.29, 1.82) is 0 Å². The Balaban J connectivity index is 1.55. The third kappa shape index (κ3) is 2.11. The third-order valence-corrected chi connectivity index (χ3v) is 5.46. The fraction of sp³-hybridized carbons (Fsp3) is 0.643. The molecule has 3 nitrogen and oxygen atoms in total. The van der Waals surface area contributed by atoms with Crippen LogP contribution < -0.4 is 4.74 Å². The van der Waals surface area contributed by atoms with E-state index in [0.717, 1.165) is 33.8 Å². The van der Waals surface area contributed by atoms with Gasteiger partial charge in [0.1, 0.15) is 16.5 Å². The summed E-state index contributed by atoms with van der Waals surface area (Å²) in [5, 5.41) is 0. The molecule has 0 aromatic carbocycles. The van der Waals surface area contributed by atoms with Crippen LogP contribution in [0.15, 0.2) is 22.9 Å². The molecule has 1 saturated carbocycles. The highest BCUT2D eigenvalue weighted by Crippen LogP contribution is 2.47. The first-order chi connectivity index (χ1) is 9.11. The lowest BCUT2D eigenvalue weighted by atomic mass is 9.63. The van der Waals surface area contributed by atoms with Gasteiger partial charge in [0.25, 0.3) is 0 Å². The van der Waals surface area contributed by atoms with Crippen LogP contribution >= 0.6 is 15.9 Å². The van der Waals surface area contributed by atoms with Crippen molar-refractivity contribution < 1.29 is 9.13 Å². The molecule has 1 aromatic heterocycles. The van der Waals surface area contributed by atoms with Gasteiger partial charge in [0, 0.05) is 17.8 Å². The summed E-state index contributed by atoms with van der Waals surface area (Å²) in [6.07, 6.45) is 4.74. The molecule has 2 radical (unpaired) electrons. The van der Waals surface area contributed by atoms with E-state index in [0.29, 0.717) is 17.9 Å². The van der Waals surface area contributed by atoms with E-state index in [2.05, 4.69) is 20.9 Å². The molecule has 3 aliphatic heterocycles. The van der Waals surface area contributed by atoms with E-state index in [9.17, 15) is 0 Å². The average molecular weight is 320 g/mol. The molecule has 2 atom stereocenters. The number of rotatable bonds is 2. The normalized spacial score (nSPS) is 43.4. The minimum Gasteiger partial charge on any atom is -0.488 e. The van der Waals surface area contributed by atoms with Crippen molar-refractivity contribution in [1.82, 2.24) is 4.98 Å². The van der Waals surface area contributed by atoms with E-state index in [4.69, 9.17) is 12.7 Å². The molecule has 0 N–H and O–H groups in total. The van der Waals surface area contributed by atoms with Crippen LogP contribution in [0.1, 0.15) is 12.8 Å². The van der Waals surface area contributed by atoms with E-state index in [-0.39, 0.29) is 0 Å². The maximum atomic E-state index is 6.46. The van der Waals surface area contributed by atoms with E-state index < -0.39 is 0 Å². The summed E-state index contributed by atoms with van der Waals surface area (Å²) >= 11 is 3.35. The Morgan fingerprint density at radius 1 is 1.21 bits per heavy atom. The summed E-state index contributed by atoms with van der Waals surface area (Å²) in [6.45, 7) is 3.35. The quantitative estimate of drug-likeness (QED) is 0.615. The van der Waals surface area contributed by atoms with Gasteiger partial charge in [0.15, 0.2) is 0 Å². The van der Waals surface area contributed by atoms with Gasteiger partial charge < -0.3 is 9.13 Å². The fourth-order valence-corrected chi connectivity index (χ4v) is 4.80. The van der Waals surface area contributed by atoms with E-state index in [1.807, 2.05) is 18.3 Å². The largest absolute Gasteiger partial charge is 0.488 e. The van der Waals surface area contributed by atoms with Gasteiger partial charge in [0.05, 0.1) is 25.8 Å². The Bertz CT molecular complexity index is 479. The highest BCUT2D eigenvalue weighted by atomic mass is 79.9. The number of hydrogen-bond donors (Lipinski definition) is 0. The molecule has 4 fully saturated rings. The zero-order valence-corrected chi connectivity index (χ0v) is 12.4. The van der Waals surface area contributed by atoms with Crippen LogP contribution in [0.2, 0.25) is 0 Å². The molecule has 98 valence electrons. The van der Waals surface area contributed by atoms with Gasteiger partial charge in [-0.2, -0.15) is 0 Å².